The Morgan fingerprint density at radius 3 is 2.25 bits per heavy atom. The molecule has 0 unspecified atom stereocenters. The van der Waals surface area contributed by atoms with Gasteiger partial charge in [0.2, 0.25) is 0 Å². The summed E-state index contributed by atoms with van der Waals surface area (Å²) < 4.78 is 38.3. The number of hydrogen-bond donors (Lipinski definition) is 1. The molecule has 0 aliphatic carbocycles. The van der Waals surface area contributed by atoms with Gasteiger partial charge < -0.3 is 0 Å². The molecular formula is C16H13F3S. The normalized spacial score (nSPS) is 11.4. The summed E-state index contributed by atoms with van der Waals surface area (Å²) >= 11 is 4.19. The van der Waals surface area contributed by atoms with E-state index in [4.69, 9.17) is 0 Å². The summed E-state index contributed by atoms with van der Waals surface area (Å²) in [5.74, 6) is 0. The van der Waals surface area contributed by atoms with E-state index in [1.54, 1.807) is 6.08 Å². The maximum absolute atomic E-state index is 12.8. The van der Waals surface area contributed by atoms with E-state index in [9.17, 15) is 13.2 Å². The summed E-state index contributed by atoms with van der Waals surface area (Å²) in [6.45, 7) is 3.65. The first-order chi connectivity index (χ1) is 9.40. The topological polar surface area (TPSA) is 0 Å². The molecule has 0 nitrogen and oxygen atoms in total. The Balaban J connectivity index is 2.38. The maximum Gasteiger partial charge on any atom is 0.416 e. The second kappa shape index (κ2) is 5.75. The van der Waals surface area contributed by atoms with Crippen LogP contribution in [0.4, 0.5) is 13.2 Å². The van der Waals surface area contributed by atoms with Gasteiger partial charge in [0.25, 0.3) is 0 Å². The fourth-order valence-corrected chi connectivity index (χ4v) is 2.12. The fourth-order valence-electron chi connectivity index (χ4n) is 1.97. The third-order valence-electron chi connectivity index (χ3n) is 3.02. The van der Waals surface area contributed by atoms with Crippen molar-refractivity contribution in [3.63, 3.8) is 0 Å². The molecule has 0 radical (unpaired) electrons. The van der Waals surface area contributed by atoms with Crippen molar-refractivity contribution in [3.8, 4) is 0 Å². The monoisotopic (exact) mass is 294 g/mol. The second-order valence-corrected chi connectivity index (χ2v) is 4.98. The van der Waals surface area contributed by atoms with Crippen LogP contribution in [0.2, 0.25) is 0 Å². The molecule has 20 heavy (non-hydrogen) atoms. The highest BCUT2D eigenvalue weighted by Crippen LogP contribution is 2.31. The smallest absolute Gasteiger partial charge is 0.166 e. The Kier molecular flexibility index (Phi) is 4.23. The summed E-state index contributed by atoms with van der Waals surface area (Å²) in [6.07, 6.45) is -2.33. The lowest BCUT2D eigenvalue weighted by molar-refractivity contribution is -0.137. The predicted octanol–water partition coefficient (Wildman–Crippen LogP) is 5.23. The molecule has 0 saturated heterocycles. The Labute approximate surface area is 121 Å². The molecule has 0 aliphatic rings. The molecule has 0 saturated carbocycles. The second-order valence-electron chi connectivity index (χ2n) is 4.46. The SMILES string of the molecule is C=Cc1ccc(C(F)(F)F)cc1Cc1ccc(S)cc1. The first-order valence-corrected chi connectivity index (χ1v) is 6.45. The van der Waals surface area contributed by atoms with Crippen molar-refractivity contribution in [2.45, 2.75) is 17.5 Å². The Hall–Kier alpha value is -1.68. The minimum Gasteiger partial charge on any atom is -0.166 e. The molecule has 2 rings (SSSR count). The van der Waals surface area contributed by atoms with Gasteiger partial charge in [-0.3, -0.25) is 0 Å². The average molecular weight is 294 g/mol. The Morgan fingerprint density at radius 2 is 1.70 bits per heavy atom. The molecule has 2 aromatic carbocycles. The van der Waals surface area contributed by atoms with Crippen LogP contribution in [0, 0.1) is 0 Å². The van der Waals surface area contributed by atoms with Crippen molar-refractivity contribution in [2.75, 3.05) is 0 Å². The van der Waals surface area contributed by atoms with Crippen LogP contribution in [-0.2, 0) is 12.6 Å². The molecule has 0 fully saturated rings. The maximum atomic E-state index is 12.8. The summed E-state index contributed by atoms with van der Waals surface area (Å²) in [5, 5.41) is 0. The van der Waals surface area contributed by atoms with Crippen molar-refractivity contribution in [1.29, 1.82) is 0 Å². The molecule has 0 heterocycles. The zero-order valence-corrected chi connectivity index (χ0v) is 11.5. The number of alkyl halides is 3. The van der Waals surface area contributed by atoms with E-state index in [2.05, 4.69) is 19.2 Å². The van der Waals surface area contributed by atoms with Crippen molar-refractivity contribution < 1.29 is 13.2 Å². The highest BCUT2D eigenvalue weighted by atomic mass is 32.1. The lowest BCUT2D eigenvalue weighted by Gasteiger charge is -2.12. The fraction of sp³-hybridized carbons (Fsp3) is 0.125. The molecule has 4 heteroatoms. The summed E-state index contributed by atoms with van der Waals surface area (Å²) in [7, 11) is 0. The summed E-state index contributed by atoms with van der Waals surface area (Å²) in [5.41, 5.74) is 1.63. The summed E-state index contributed by atoms with van der Waals surface area (Å²) in [4.78, 5) is 0.821. The zero-order valence-electron chi connectivity index (χ0n) is 10.6. The Morgan fingerprint density at radius 1 is 1.05 bits per heavy atom. The minimum atomic E-state index is -4.33. The number of thiol groups is 1. The summed E-state index contributed by atoms with van der Waals surface area (Å²) in [6, 6.07) is 11.1. The van der Waals surface area contributed by atoms with Gasteiger partial charge in [0.1, 0.15) is 0 Å². The lowest BCUT2D eigenvalue weighted by atomic mass is 9.97. The van der Waals surface area contributed by atoms with Crippen LogP contribution in [0.1, 0.15) is 22.3 Å². The average Bonchev–Trinajstić information content (AvgIpc) is 2.40. The predicted molar refractivity (Wildman–Crippen MR) is 78.0 cm³/mol. The Bertz CT molecular complexity index is 613. The van der Waals surface area contributed by atoms with Gasteiger partial charge in [0.05, 0.1) is 5.56 Å². The van der Waals surface area contributed by atoms with Gasteiger partial charge in [0, 0.05) is 4.90 Å². The number of hydrogen-bond acceptors (Lipinski definition) is 1. The lowest BCUT2D eigenvalue weighted by Crippen LogP contribution is -2.06. The minimum absolute atomic E-state index is 0.430. The third-order valence-corrected chi connectivity index (χ3v) is 3.32. The van der Waals surface area contributed by atoms with Gasteiger partial charge in [-0.15, -0.1) is 12.6 Å². The largest absolute Gasteiger partial charge is 0.416 e. The highest BCUT2D eigenvalue weighted by molar-refractivity contribution is 7.80. The number of halogens is 3. The van der Waals surface area contributed by atoms with E-state index >= 15 is 0 Å². The van der Waals surface area contributed by atoms with E-state index < -0.39 is 11.7 Å². The number of benzene rings is 2. The molecule has 0 N–H and O–H groups in total. The molecule has 104 valence electrons. The standard InChI is InChI=1S/C16H13F3S/c1-2-12-5-6-14(16(17,18)19)10-13(12)9-11-3-7-15(20)8-4-11/h2-8,10,20H,1,9H2. The third kappa shape index (κ3) is 3.45. The van der Waals surface area contributed by atoms with E-state index in [0.717, 1.165) is 16.5 Å². The van der Waals surface area contributed by atoms with Gasteiger partial charge in [0.15, 0.2) is 0 Å². The van der Waals surface area contributed by atoms with Crippen molar-refractivity contribution >= 4 is 18.7 Å². The van der Waals surface area contributed by atoms with E-state index in [0.29, 0.717) is 17.5 Å². The van der Waals surface area contributed by atoms with E-state index in [1.807, 2.05) is 24.3 Å². The van der Waals surface area contributed by atoms with Crippen molar-refractivity contribution in [1.82, 2.24) is 0 Å². The van der Waals surface area contributed by atoms with Crippen LogP contribution in [0.5, 0.6) is 0 Å². The molecule has 2 aromatic rings. The van der Waals surface area contributed by atoms with Crippen LogP contribution in [0.25, 0.3) is 6.08 Å². The van der Waals surface area contributed by atoms with Gasteiger partial charge in [-0.2, -0.15) is 13.2 Å². The van der Waals surface area contributed by atoms with Crippen molar-refractivity contribution in [3.05, 3.63) is 71.3 Å². The van der Waals surface area contributed by atoms with E-state index in [-0.39, 0.29) is 0 Å². The van der Waals surface area contributed by atoms with Crippen LogP contribution in [0.3, 0.4) is 0 Å². The molecule has 0 aromatic heterocycles. The van der Waals surface area contributed by atoms with Gasteiger partial charge in [-0.1, -0.05) is 30.9 Å². The van der Waals surface area contributed by atoms with Crippen LogP contribution < -0.4 is 0 Å². The van der Waals surface area contributed by atoms with E-state index in [1.165, 1.54) is 12.1 Å². The van der Waals surface area contributed by atoms with Crippen molar-refractivity contribution in [2.24, 2.45) is 0 Å². The van der Waals surface area contributed by atoms with Gasteiger partial charge >= 0.3 is 6.18 Å². The molecule has 0 atom stereocenters. The molecule has 0 aliphatic heterocycles. The first kappa shape index (κ1) is 14.7. The molecule has 0 bridgehead atoms. The van der Waals surface area contributed by atoms with Crippen LogP contribution in [-0.4, -0.2) is 0 Å². The molecular weight excluding hydrogens is 281 g/mol. The molecule has 0 amide bonds. The zero-order chi connectivity index (χ0) is 14.8. The number of rotatable bonds is 3. The highest BCUT2D eigenvalue weighted by Gasteiger charge is 2.30. The van der Waals surface area contributed by atoms with Crippen LogP contribution in [0.15, 0.2) is 53.9 Å². The molecule has 0 spiro atoms. The first-order valence-electron chi connectivity index (χ1n) is 6.00. The van der Waals surface area contributed by atoms with Crippen LogP contribution >= 0.6 is 12.6 Å². The van der Waals surface area contributed by atoms with Gasteiger partial charge in [-0.25, -0.2) is 0 Å². The van der Waals surface area contributed by atoms with Gasteiger partial charge in [-0.05, 0) is 47.4 Å². The quantitative estimate of drug-likeness (QED) is 0.736.